The van der Waals surface area contributed by atoms with Crippen molar-refractivity contribution in [3.63, 3.8) is 0 Å². The van der Waals surface area contributed by atoms with Crippen molar-refractivity contribution in [2.24, 2.45) is 0 Å². The molecule has 0 fully saturated rings. The summed E-state index contributed by atoms with van der Waals surface area (Å²) in [5.41, 5.74) is 0.924. The van der Waals surface area contributed by atoms with Gasteiger partial charge in [0.25, 0.3) is 0 Å². The summed E-state index contributed by atoms with van der Waals surface area (Å²) in [4.78, 5) is 0. The molecule has 0 spiro atoms. The van der Waals surface area contributed by atoms with Crippen LogP contribution < -0.4 is 0 Å². The summed E-state index contributed by atoms with van der Waals surface area (Å²) >= 11 is 8.02. The second kappa shape index (κ2) is 8.41. The molecule has 0 amide bonds. The fraction of sp³-hybridized carbons (Fsp3) is 0.467. The van der Waals surface area contributed by atoms with Crippen molar-refractivity contribution >= 4 is 23.4 Å². The van der Waals surface area contributed by atoms with Crippen LogP contribution in [-0.4, -0.2) is 34.2 Å². The Balaban J connectivity index is 2.31. The number of thioether (sulfide) groups is 1. The van der Waals surface area contributed by atoms with Gasteiger partial charge in [0, 0.05) is 31.6 Å². The normalized spacial score (nSPS) is 11.0. The molecule has 1 aromatic heterocycles. The fourth-order valence-electron chi connectivity index (χ4n) is 2.00. The molecular formula is C15H20ClN3OS. The van der Waals surface area contributed by atoms with Crippen LogP contribution in [0.15, 0.2) is 29.4 Å². The molecule has 114 valence electrons. The summed E-state index contributed by atoms with van der Waals surface area (Å²) < 4.78 is 7.28. The Hall–Kier alpha value is -1.04. The molecule has 0 bridgehead atoms. The predicted molar refractivity (Wildman–Crippen MR) is 88.0 cm³/mol. The minimum Gasteiger partial charge on any atom is -0.385 e. The standard InChI is InChI=1S/C15H20ClN3OS/c1-3-11-21-15-18-17-14(19(15)9-6-10-20-2)12-7-4-5-8-13(12)16/h4-5,7-8H,3,6,9-11H2,1-2H3. The lowest BCUT2D eigenvalue weighted by atomic mass is 10.2. The second-order valence-corrected chi connectivity index (χ2v) is 6.10. The minimum absolute atomic E-state index is 0.699. The maximum Gasteiger partial charge on any atom is 0.191 e. The van der Waals surface area contributed by atoms with Crippen molar-refractivity contribution in [2.75, 3.05) is 19.5 Å². The zero-order chi connectivity index (χ0) is 15.1. The molecule has 2 rings (SSSR count). The maximum atomic E-state index is 6.29. The average Bonchev–Trinajstić information content (AvgIpc) is 2.89. The lowest BCUT2D eigenvalue weighted by Crippen LogP contribution is -2.05. The molecular weight excluding hydrogens is 306 g/mol. The van der Waals surface area contributed by atoms with E-state index in [-0.39, 0.29) is 0 Å². The molecule has 6 heteroatoms. The Morgan fingerprint density at radius 2 is 2.10 bits per heavy atom. The van der Waals surface area contributed by atoms with Crippen LogP contribution in [0.1, 0.15) is 19.8 Å². The van der Waals surface area contributed by atoms with Crippen LogP contribution in [-0.2, 0) is 11.3 Å². The van der Waals surface area contributed by atoms with Crippen molar-refractivity contribution in [3.8, 4) is 11.4 Å². The number of aromatic nitrogens is 3. The zero-order valence-electron chi connectivity index (χ0n) is 12.4. The molecule has 0 aliphatic heterocycles. The minimum atomic E-state index is 0.699. The Kier molecular flexibility index (Phi) is 6.54. The molecule has 0 saturated heterocycles. The number of hydrogen-bond donors (Lipinski definition) is 0. The van der Waals surface area contributed by atoms with Gasteiger partial charge in [0.15, 0.2) is 11.0 Å². The summed E-state index contributed by atoms with van der Waals surface area (Å²) in [5.74, 6) is 1.86. The van der Waals surface area contributed by atoms with Crippen LogP contribution in [0.25, 0.3) is 11.4 Å². The number of methoxy groups -OCH3 is 1. The third kappa shape index (κ3) is 4.22. The smallest absolute Gasteiger partial charge is 0.191 e. The molecule has 0 atom stereocenters. The summed E-state index contributed by atoms with van der Waals surface area (Å²) in [7, 11) is 1.72. The van der Waals surface area contributed by atoms with Crippen molar-refractivity contribution < 1.29 is 4.74 Å². The monoisotopic (exact) mass is 325 g/mol. The van der Waals surface area contributed by atoms with Gasteiger partial charge in [-0.1, -0.05) is 42.4 Å². The van der Waals surface area contributed by atoms with Crippen molar-refractivity contribution in [3.05, 3.63) is 29.3 Å². The van der Waals surface area contributed by atoms with E-state index in [0.29, 0.717) is 5.02 Å². The molecule has 0 unspecified atom stereocenters. The first kappa shape index (κ1) is 16.3. The lowest BCUT2D eigenvalue weighted by Gasteiger charge is -2.10. The van der Waals surface area contributed by atoms with Gasteiger partial charge in [-0.15, -0.1) is 10.2 Å². The highest BCUT2D eigenvalue weighted by Gasteiger charge is 2.15. The predicted octanol–water partition coefficient (Wildman–Crippen LogP) is 4.14. The molecule has 0 radical (unpaired) electrons. The van der Waals surface area contributed by atoms with Crippen LogP contribution >= 0.6 is 23.4 Å². The first-order valence-electron chi connectivity index (χ1n) is 7.07. The lowest BCUT2D eigenvalue weighted by molar-refractivity contribution is 0.189. The quantitative estimate of drug-likeness (QED) is 0.540. The van der Waals surface area contributed by atoms with Crippen molar-refractivity contribution in [1.82, 2.24) is 14.8 Å². The molecule has 21 heavy (non-hydrogen) atoms. The highest BCUT2D eigenvalue weighted by molar-refractivity contribution is 7.99. The molecule has 0 N–H and O–H groups in total. The Labute approximate surface area is 134 Å². The van der Waals surface area contributed by atoms with Crippen LogP contribution in [0.2, 0.25) is 5.02 Å². The van der Waals surface area contributed by atoms with Gasteiger partial charge < -0.3 is 9.30 Å². The summed E-state index contributed by atoms with van der Waals surface area (Å²) in [5, 5.41) is 10.3. The zero-order valence-corrected chi connectivity index (χ0v) is 14.0. The molecule has 0 aliphatic carbocycles. The first-order chi connectivity index (χ1) is 10.3. The van der Waals surface area contributed by atoms with Gasteiger partial charge in [-0.3, -0.25) is 0 Å². The van der Waals surface area contributed by atoms with E-state index in [2.05, 4.69) is 21.7 Å². The van der Waals surface area contributed by atoms with Gasteiger partial charge in [0.05, 0.1) is 5.02 Å². The Morgan fingerprint density at radius 1 is 1.29 bits per heavy atom. The van der Waals surface area contributed by atoms with Gasteiger partial charge in [0.2, 0.25) is 0 Å². The molecule has 4 nitrogen and oxygen atoms in total. The topological polar surface area (TPSA) is 39.9 Å². The third-order valence-electron chi connectivity index (χ3n) is 3.00. The van der Waals surface area contributed by atoms with E-state index in [1.54, 1.807) is 18.9 Å². The Morgan fingerprint density at radius 3 is 2.81 bits per heavy atom. The maximum absolute atomic E-state index is 6.29. The summed E-state index contributed by atoms with van der Waals surface area (Å²) in [6, 6.07) is 7.75. The van der Waals surface area contributed by atoms with E-state index in [1.807, 2.05) is 24.3 Å². The second-order valence-electron chi connectivity index (χ2n) is 4.63. The van der Waals surface area contributed by atoms with Gasteiger partial charge >= 0.3 is 0 Å². The highest BCUT2D eigenvalue weighted by atomic mass is 35.5. The Bertz CT molecular complexity index is 574. The van der Waals surface area contributed by atoms with Crippen LogP contribution in [0.4, 0.5) is 0 Å². The van der Waals surface area contributed by atoms with Crippen molar-refractivity contribution in [2.45, 2.75) is 31.5 Å². The van der Waals surface area contributed by atoms with Gasteiger partial charge in [-0.2, -0.15) is 0 Å². The third-order valence-corrected chi connectivity index (χ3v) is 4.50. The van der Waals surface area contributed by atoms with Gasteiger partial charge in [-0.25, -0.2) is 0 Å². The van der Waals surface area contributed by atoms with E-state index in [0.717, 1.165) is 48.3 Å². The van der Waals surface area contributed by atoms with E-state index in [4.69, 9.17) is 16.3 Å². The van der Waals surface area contributed by atoms with Gasteiger partial charge in [0.1, 0.15) is 0 Å². The van der Waals surface area contributed by atoms with E-state index in [9.17, 15) is 0 Å². The number of rotatable bonds is 8. The van der Waals surface area contributed by atoms with Crippen LogP contribution in [0.5, 0.6) is 0 Å². The average molecular weight is 326 g/mol. The van der Waals surface area contributed by atoms with E-state index < -0.39 is 0 Å². The number of halogens is 1. The van der Waals surface area contributed by atoms with E-state index in [1.165, 1.54) is 0 Å². The molecule has 0 aliphatic rings. The van der Waals surface area contributed by atoms with Crippen molar-refractivity contribution in [1.29, 1.82) is 0 Å². The van der Waals surface area contributed by atoms with Crippen LogP contribution in [0, 0.1) is 0 Å². The highest BCUT2D eigenvalue weighted by Crippen LogP contribution is 2.29. The molecule has 0 saturated carbocycles. The molecule has 1 aromatic carbocycles. The molecule has 2 aromatic rings. The van der Waals surface area contributed by atoms with E-state index >= 15 is 0 Å². The van der Waals surface area contributed by atoms with Gasteiger partial charge in [-0.05, 0) is 25.0 Å². The number of ether oxygens (including phenoxy) is 1. The fourth-order valence-corrected chi connectivity index (χ4v) is 3.04. The number of nitrogens with zero attached hydrogens (tertiary/aromatic N) is 3. The first-order valence-corrected chi connectivity index (χ1v) is 8.44. The SMILES string of the molecule is CCCSc1nnc(-c2ccccc2Cl)n1CCCOC. The molecule has 1 heterocycles. The number of benzene rings is 1. The summed E-state index contributed by atoms with van der Waals surface area (Å²) in [6.45, 7) is 3.71. The number of hydrogen-bond acceptors (Lipinski definition) is 4. The largest absolute Gasteiger partial charge is 0.385 e. The van der Waals surface area contributed by atoms with Crippen LogP contribution in [0.3, 0.4) is 0 Å². The summed E-state index contributed by atoms with van der Waals surface area (Å²) in [6.07, 6.45) is 2.03.